The van der Waals surface area contributed by atoms with Gasteiger partial charge in [0.2, 0.25) is 0 Å². The number of halogens is 2. The predicted octanol–water partition coefficient (Wildman–Crippen LogP) is -6.51. The number of amides is 2. The molecule has 0 radical (unpaired) electrons. The average Bonchev–Trinajstić information content (AvgIpc) is 3.10. The molecule has 0 atom stereocenters. The van der Waals surface area contributed by atoms with E-state index in [1.807, 2.05) is 0 Å². The molecule has 2 amide bonds. The molecule has 0 fully saturated rings. The van der Waals surface area contributed by atoms with E-state index in [4.69, 9.17) is 0 Å². The number of hydrogen-bond donors (Lipinski definition) is 0. The van der Waals surface area contributed by atoms with Crippen LogP contribution >= 0.6 is 0 Å². The fraction of sp³-hybridized carbons (Fsp3) is 0. The molecule has 0 saturated heterocycles. The molecule has 0 saturated carbocycles. The van der Waals surface area contributed by atoms with E-state index in [1.54, 1.807) is 54.6 Å². The van der Waals surface area contributed by atoms with Crippen LogP contribution < -0.4 is 49.1 Å². The fourth-order valence-corrected chi connectivity index (χ4v) is 12.2. The molecule has 32 heavy (non-hydrogen) atoms. The van der Waals surface area contributed by atoms with Crippen LogP contribution in [0.25, 0.3) is 0 Å². The summed E-state index contributed by atoms with van der Waals surface area (Å²) >= 11 is -2.88. The van der Waals surface area contributed by atoms with Crippen LogP contribution in [0.3, 0.4) is 0 Å². The zero-order chi connectivity index (χ0) is 22.7. The van der Waals surface area contributed by atoms with E-state index in [-0.39, 0.29) is 20.9 Å². The molecule has 14 heteroatoms. The maximum absolute atomic E-state index is 12.7. The van der Waals surface area contributed by atoms with Crippen molar-refractivity contribution in [3.8, 4) is 0 Å². The molecule has 5 rings (SSSR count). The van der Waals surface area contributed by atoms with Crippen molar-refractivity contribution in [1.29, 1.82) is 0 Å². The second kappa shape index (κ2) is 7.70. The minimum absolute atomic E-state index is 0.000481. The first-order valence-electron chi connectivity index (χ1n) is 8.83. The third-order valence-electron chi connectivity index (χ3n) is 4.55. The molecule has 166 valence electrons. The zero-order valence-corrected chi connectivity index (χ0v) is 21.7. The standard InChI is InChI=1S/C18H12I2N4O6S2/c25-17-13-5-1-3-7-15(13)31(27,28)23(17)19-21-9-11-22(12-10-21)20-24-18(26)14-6-2-4-8-16(14)32(24,29)30/h1-12H. The van der Waals surface area contributed by atoms with Crippen LogP contribution in [-0.2, 0) is 20.0 Å². The van der Waals surface area contributed by atoms with E-state index >= 15 is 0 Å². The van der Waals surface area contributed by atoms with Crippen molar-refractivity contribution in [2.75, 3.05) is 0 Å². The first kappa shape index (κ1) is 21.7. The van der Waals surface area contributed by atoms with Crippen molar-refractivity contribution in [1.82, 2.24) is 5.04 Å². The van der Waals surface area contributed by atoms with Gasteiger partial charge in [0.05, 0.1) is 0 Å². The minimum atomic E-state index is -3.90. The van der Waals surface area contributed by atoms with Crippen molar-refractivity contribution >= 4 is 31.9 Å². The molecule has 0 bridgehead atoms. The van der Waals surface area contributed by atoms with Crippen molar-refractivity contribution in [3.05, 3.63) is 84.4 Å². The third kappa shape index (κ3) is 3.30. The van der Waals surface area contributed by atoms with Gasteiger partial charge in [-0.1, -0.05) is 0 Å². The topological polar surface area (TPSA) is 117 Å². The van der Waals surface area contributed by atoms with Gasteiger partial charge in [-0.25, -0.2) is 0 Å². The Morgan fingerprint density at radius 2 is 0.938 bits per heavy atom. The van der Waals surface area contributed by atoms with Crippen LogP contribution in [-0.4, -0.2) is 33.7 Å². The van der Waals surface area contributed by atoms with E-state index in [2.05, 4.69) is 0 Å². The average molecular weight is 698 g/mol. The monoisotopic (exact) mass is 698 g/mol. The molecule has 3 aromatic rings. The van der Waals surface area contributed by atoms with Gasteiger partial charge in [-0.2, -0.15) is 0 Å². The first-order chi connectivity index (χ1) is 15.2. The number of benzene rings is 2. The molecule has 0 N–H and O–H groups in total. The number of rotatable bonds is 4. The Kier molecular flexibility index (Phi) is 5.21. The second-order valence-electron chi connectivity index (χ2n) is 6.48. The zero-order valence-electron chi connectivity index (χ0n) is 15.7. The number of aromatic nitrogens is 2. The van der Waals surface area contributed by atoms with Crippen molar-refractivity contribution in [2.45, 2.75) is 9.79 Å². The Bertz CT molecular complexity index is 1400. The SMILES string of the molecule is O=C1c2ccccc2S(=O)(=O)N1[I-][n+]1cc[n+]([I-]N2C(=O)c3ccccc3S2(=O)=O)cc1. The van der Waals surface area contributed by atoms with Crippen LogP contribution in [0, 0.1) is 0 Å². The Balaban J connectivity index is 1.36. The summed E-state index contributed by atoms with van der Waals surface area (Å²) in [5, 5.41) is 0. The third-order valence-corrected chi connectivity index (χ3v) is 15.4. The first-order valence-corrected chi connectivity index (χ1v) is 15.6. The van der Waals surface area contributed by atoms with Gasteiger partial charge >= 0.3 is 207 Å². The number of carbonyl (C=O) groups excluding carboxylic acids is 2. The molecule has 3 heterocycles. The van der Waals surface area contributed by atoms with Crippen LogP contribution in [0.5, 0.6) is 0 Å². The summed E-state index contributed by atoms with van der Waals surface area (Å²) < 4.78 is 55.8. The Morgan fingerprint density at radius 1 is 0.594 bits per heavy atom. The van der Waals surface area contributed by atoms with Gasteiger partial charge in [0.25, 0.3) is 0 Å². The number of carbonyl (C=O) groups is 2. The number of sulfonamides is 2. The van der Waals surface area contributed by atoms with Crippen LogP contribution in [0.1, 0.15) is 20.7 Å². The summed E-state index contributed by atoms with van der Waals surface area (Å²) in [5.41, 5.74) is 0.309. The number of fused-ring (bicyclic) bond motifs is 2. The summed E-state index contributed by atoms with van der Waals surface area (Å²) in [6, 6.07) is 12.2. The van der Waals surface area contributed by atoms with Crippen LogP contribution in [0.4, 0.5) is 0 Å². The summed E-state index contributed by atoms with van der Waals surface area (Å²) in [5.74, 6) is -1.12. The summed E-state index contributed by atoms with van der Waals surface area (Å²) in [6.07, 6.45) is 6.27. The quantitative estimate of drug-likeness (QED) is 0.198. The molecular weight excluding hydrogens is 686 g/mol. The van der Waals surface area contributed by atoms with Gasteiger partial charge in [0, 0.05) is 0 Å². The van der Waals surface area contributed by atoms with Crippen LogP contribution in [0.15, 0.2) is 83.1 Å². The number of nitrogens with zero attached hydrogens (tertiary/aromatic N) is 4. The van der Waals surface area contributed by atoms with Crippen LogP contribution in [0.2, 0.25) is 0 Å². The second-order valence-corrected chi connectivity index (χ2v) is 16.3. The Labute approximate surface area is 205 Å². The van der Waals surface area contributed by atoms with E-state index in [9.17, 15) is 26.4 Å². The van der Waals surface area contributed by atoms with Gasteiger partial charge in [-0.3, -0.25) is 0 Å². The molecule has 1 aromatic heterocycles. The van der Waals surface area contributed by atoms with Gasteiger partial charge in [-0.05, 0) is 0 Å². The summed E-state index contributed by atoms with van der Waals surface area (Å²) in [7, 11) is -7.79. The summed E-state index contributed by atoms with van der Waals surface area (Å²) in [6.45, 7) is 0. The van der Waals surface area contributed by atoms with Crippen molar-refractivity contribution in [3.63, 3.8) is 0 Å². The Morgan fingerprint density at radius 3 is 1.28 bits per heavy atom. The number of hydrogen-bond acceptors (Lipinski definition) is 6. The predicted molar refractivity (Wildman–Crippen MR) is 97.2 cm³/mol. The molecule has 2 aliphatic rings. The molecule has 2 aliphatic heterocycles. The van der Waals surface area contributed by atoms with E-state index in [0.717, 1.165) is 5.04 Å². The van der Waals surface area contributed by atoms with Crippen molar-refractivity contribution < 1.29 is 75.5 Å². The normalized spacial score (nSPS) is 18.2. The summed E-state index contributed by atoms with van der Waals surface area (Å²) in [4.78, 5) is 25.2. The van der Waals surface area contributed by atoms with Gasteiger partial charge < -0.3 is 0 Å². The van der Waals surface area contributed by atoms with Gasteiger partial charge in [0.15, 0.2) is 0 Å². The molecule has 0 aliphatic carbocycles. The molecule has 0 spiro atoms. The van der Waals surface area contributed by atoms with Crippen molar-refractivity contribution in [2.24, 2.45) is 0 Å². The fourth-order valence-electron chi connectivity index (χ4n) is 3.08. The maximum atomic E-state index is 12.7. The molecular formula is C18H12I2N4O6S2. The van der Waals surface area contributed by atoms with E-state index in [0.29, 0.717) is 0 Å². The molecule has 10 nitrogen and oxygen atoms in total. The van der Waals surface area contributed by atoms with E-state index < -0.39 is 75.4 Å². The Hall–Kier alpha value is -2.18. The molecule has 2 aromatic carbocycles. The van der Waals surface area contributed by atoms with E-state index in [1.165, 1.54) is 24.3 Å². The van der Waals surface area contributed by atoms with Gasteiger partial charge in [-0.15, -0.1) is 0 Å². The van der Waals surface area contributed by atoms with Gasteiger partial charge in [0.1, 0.15) is 0 Å². The molecule has 0 unspecified atom stereocenters.